The molecule has 0 saturated carbocycles. The van der Waals surface area contributed by atoms with E-state index in [0.717, 1.165) is 22.4 Å². The third-order valence-electron chi connectivity index (χ3n) is 3.90. The van der Waals surface area contributed by atoms with E-state index in [1.807, 2.05) is 55.5 Å². The maximum Gasteiger partial charge on any atom is 0.243 e. The normalized spacial score (nSPS) is 11.0. The van der Waals surface area contributed by atoms with Crippen molar-refractivity contribution in [1.82, 2.24) is 5.32 Å². The fourth-order valence-corrected chi connectivity index (χ4v) is 2.69. The van der Waals surface area contributed by atoms with E-state index in [1.54, 1.807) is 0 Å². The number of amides is 2. The van der Waals surface area contributed by atoms with Crippen molar-refractivity contribution in [2.75, 3.05) is 11.9 Å². The molecular weight excluding hydrogens is 312 g/mol. The summed E-state index contributed by atoms with van der Waals surface area (Å²) in [6.07, 6.45) is 0.271. The molecule has 0 spiro atoms. The van der Waals surface area contributed by atoms with Gasteiger partial charge in [0.15, 0.2) is 0 Å². The lowest BCUT2D eigenvalue weighted by Crippen LogP contribution is -2.34. The molecule has 0 atom stereocenters. The van der Waals surface area contributed by atoms with Gasteiger partial charge in [-0.05, 0) is 29.5 Å². The third kappa shape index (κ3) is 5.75. The van der Waals surface area contributed by atoms with Gasteiger partial charge < -0.3 is 10.6 Å². The molecule has 132 valence electrons. The molecule has 0 unspecified atom stereocenters. The molecule has 0 heterocycles. The van der Waals surface area contributed by atoms with Crippen molar-refractivity contribution >= 4 is 17.5 Å². The van der Waals surface area contributed by atoms with Crippen molar-refractivity contribution in [1.29, 1.82) is 0 Å². The second kappa shape index (κ2) is 7.97. The van der Waals surface area contributed by atoms with Gasteiger partial charge >= 0.3 is 0 Å². The van der Waals surface area contributed by atoms with Crippen molar-refractivity contribution in [3.63, 3.8) is 0 Å². The molecule has 2 amide bonds. The molecule has 0 aromatic heterocycles. The highest BCUT2D eigenvalue weighted by Gasteiger charge is 2.18. The lowest BCUT2D eigenvalue weighted by molar-refractivity contribution is -0.123. The fourth-order valence-electron chi connectivity index (χ4n) is 2.69. The van der Waals surface area contributed by atoms with Crippen LogP contribution in [0.3, 0.4) is 0 Å². The van der Waals surface area contributed by atoms with E-state index in [0.29, 0.717) is 0 Å². The number of hydrogen-bond donors (Lipinski definition) is 2. The first-order valence-electron chi connectivity index (χ1n) is 8.47. The second-order valence-corrected chi connectivity index (χ2v) is 7.29. The van der Waals surface area contributed by atoms with Crippen LogP contribution >= 0.6 is 0 Å². The van der Waals surface area contributed by atoms with Gasteiger partial charge in [-0.25, -0.2) is 0 Å². The Bertz CT molecular complexity index is 760. The lowest BCUT2D eigenvalue weighted by atomic mass is 9.86. The largest absolute Gasteiger partial charge is 0.347 e. The van der Waals surface area contributed by atoms with Crippen LogP contribution < -0.4 is 10.6 Å². The number of carbonyl (C=O) groups is 2. The summed E-state index contributed by atoms with van der Waals surface area (Å²) >= 11 is 0. The van der Waals surface area contributed by atoms with E-state index in [9.17, 15) is 9.59 Å². The summed E-state index contributed by atoms with van der Waals surface area (Å²) < 4.78 is 0. The van der Waals surface area contributed by atoms with Gasteiger partial charge in [0.25, 0.3) is 0 Å². The Morgan fingerprint density at radius 2 is 1.68 bits per heavy atom. The van der Waals surface area contributed by atoms with E-state index in [4.69, 9.17) is 0 Å². The molecule has 2 N–H and O–H groups in total. The Kier molecular flexibility index (Phi) is 5.97. The van der Waals surface area contributed by atoms with Crippen LogP contribution in [0, 0.1) is 6.92 Å². The van der Waals surface area contributed by atoms with Gasteiger partial charge in [-0.3, -0.25) is 9.59 Å². The molecule has 25 heavy (non-hydrogen) atoms. The molecule has 0 aliphatic rings. The second-order valence-electron chi connectivity index (χ2n) is 7.29. The first-order chi connectivity index (χ1) is 11.8. The molecule has 4 nitrogen and oxygen atoms in total. The Labute approximate surface area is 149 Å². The van der Waals surface area contributed by atoms with Crippen LogP contribution in [0.25, 0.3) is 0 Å². The third-order valence-corrected chi connectivity index (χ3v) is 3.90. The number of nitrogens with one attached hydrogen (secondary N) is 2. The molecule has 0 aliphatic carbocycles. The average molecular weight is 338 g/mol. The molecular formula is C21H26N2O2. The number of aryl methyl sites for hydroxylation is 1. The summed E-state index contributed by atoms with van der Waals surface area (Å²) in [5, 5.41) is 5.57. The summed E-state index contributed by atoms with van der Waals surface area (Å²) in [4.78, 5) is 24.2. The molecule has 0 bridgehead atoms. The molecule has 0 aliphatic heterocycles. The number of anilines is 1. The number of rotatable bonds is 5. The summed E-state index contributed by atoms with van der Waals surface area (Å²) in [6.45, 7) is 8.25. The van der Waals surface area contributed by atoms with E-state index >= 15 is 0 Å². The standard InChI is InChI=1S/C21H26N2O2/c1-15-8-7-9-16(12-15)13-19(24)22-14-20(25)23-18-11-6-5-10-17(18)21(2,3)4/h5-12H,13-14H2,1-4H3,(H,22,24)(H,23,25). The van der Waals surface area contributed by atoms with Gasteiger partial charge in [0.05, 0.1) is 13.0 Å². The summed E-state index contributed by atoms with van der Waals surface area (Å²) in [7, 11) is 0. The van der Waals surface area contributed by atoms with Gasteiger partial charge in [-0.2, -0.15) is 0 Å². The molecule has 2 aromatic carbocycles. The molecule has 0 fully saturated rings. The van der Waals surface area contributed by atoms with Gasteiger partial charge in [0.2, 0.25) is 11.8 Å². The summed E-state index contributed by atoms with van der Waals surface area (Å²) in [5.74, 6) is -0.390. The number of para-hydroxylation sites is 1. The molecule has 2 aromatic rings. The number of benzene rings is 2. The van der Waals surface area contributed by atoms with Gasteiger partial charge in [-0.15, -0.1) is 0 Å². The van der Waals surface area contributed by atoms with E-state index < -0.39 is 0 Å². The zero-order valence-corrected chi connectivity index (χ0v) is 15.3. The Balaban J connectivity index is 1.90. The van der Waals surface area contributed by atoms with Crippen LogP contribution in [0.15, 0.2) is 48.5 Å². The monoisotopic (exact) mass is 338 g/mol. The van der Waals surface area contributed by atoms with Gasteiger partial charge in [0.1, 0.15) is 0 Å². The lowest BCUT2D eigenvalue weighted by Gasteiger charge is -2.23. The van der Waals surface area contributed by atoms with Crippen molar-refractivity contribution in [2.45, 2.75) is 39.5 Å². The highest BCUT2D eigenvalue weighted by molar-refractivity contribution is 5.95. The van der Waals surface area contributed by atoms with Crippen LogP contribution in [0.5, 0.6) is 0 Å². The molecule has 2 rings (SSSR count). The zero-order chi connectivity index (χ0) is 18.4. The molecule has 4 heteroatoms. The Hall–Kier alpha value is -2.62. The Morgan fingerprint density at radius 3 is 2.36 bits per heavy atom. The average Bonchev–Trinajstić information content (AvgIpc) is 2.52. The zero-order valence-electron chi connectivity index (χ0n) is 15.3. The topological polar surface area (TPSA) is 58.2 Å². The maximum absolute atomic E-state index is 12.2. The Morgan fingerprint density at radius 1 is 0.960 bits per heavy atom. The first kappa shape index (κ1) is 18.7. The van der Waals surface area contributed by atoms with Crippen molar-refractivity contribution in [2.24, 2.45) is 0 Å². The first-order valence-corrected chi connectivity index (χ1v) is 8.47. The van der Waals surface area contributed by atoms with Crippen LogP contribution in [-0.2, 0) is 21.4 Å². The predicted octanol–water partition coefficient (Wildman–Crippen LogP) is 3.59. The SMILES string of the molecule is Cc1cccc(CC(=O)NCC(=O)Nc2ccccc2C(C)(C)C)c1. The van der Waals surface area contributed by atoms with Gasteiger partial charge in [0, 0.05) is 5.69 Å². The summed E-state index contributed by atoms with van der Waals surface area (Å²) in [6, 6.07) is 15.5. The van der Waals surface area contributed by atoms with E-state index in [-0.39, 0.29) is 30.2 Å². The van der Waals surface area contributed by atoms with E-state index in [2.05, 4.69) is 31.4 Å². The number of carbonyl (C=O) groups excluding carboxylic acids is 2. The van der Waals surface area contributed by atoms with Crippen LogP contribution in [0.4, 0.5) is 5.69 Å². The minimum atomic E-state index is -0.228. The van der Waals surface area contributed by atoms with Crippen LogP contribution in [-0.4, -0.2) is 18.4 Å². The van der Waals surface area contributed by atoms with Crippen LogP contribution in [0.2, 0.25) is 0 Å². The van der Waals surface area contributed by atoms with Crippen molar-refractivity contribution in [3.05, 3.63) is 65.2 Å². The summed E-state index contributed by atoms with van der Waals surface area (Å²) in [5.41, 5.74) is 3.83. The fraction of sp³-hybridized carbons (Fsp3) is 0.333. The van der Waals surface area contributed by atoms with Gasteiger partial charge in [-0.1, -0.05) is 68.8 Å². The maximum atomic E-state index is 12.2. The predicted molar refractivity (Wildman–Crippen MR) is 102 cm³/mol. The molecule has 0 saturated heterocycles. The highest BCUT2D eigenvalue weighted by Crippen LogP contribution is 2.29. The minimum Gasteiger partial charge on any atom is -0.347 e. The van der Waals surface area contributed by atoms with Crippen LogP contribution in [0.1, 0.15) is 37.5 Å². The number of hydrogen-bond acceptors (Lipinski definition) is 2. The molecule has 0 radical (unpaired) electrons. The van der Waals surface area contributed by atoms with E-state index in [1.165, 1.54) is 0 Å². The quantitative estimate of drug-likeness (QED) is 0.875. The van der Waals surface area contributed by atoms with Crippen molar-refractivity contribution in [3.8, 4) is 0 Å². The minimum absolute atomic E-state index is 0.0386. The van der Waals surface area contributed by atoms with Crippen molar-refractivity contribution < 1.29 is 9.59 Å². The highest BCUT2D eigenvalue weighted by atomic mass is 16.2. The smallest absolute Gasteiger partial charge is 0.243 e.